The molecule has 9 N–H and O–H groups in total. The number of β-amino-alcohol motifs (C(OH)–C–C–N with tert-alkyl or cyclic N) is 1. The minimum atomic E-state index is -1.18. The summed E-state index contributed by atoms with van der Waals surface area (Å²) in [6, 6.07) is 45.4. The number of aryl methyl sites for hydroxylation is 4. The Kier molecular flexibility index (Phi) is 36.6. The molecule has 0 unspecified atom stereocenters. The van der Waals surface area contributed by atoms with Crippen LogP contribution in [0.15, 0.2) is 195 Å². The number of benzene rings is 8. The van der Waals surface area contributed by atoms with E-state index in [-0.39, 0.29) is 84.4 Å². The Hall–Kier alpha value is -14.8. The molecule has 0 spiro atoms. The van der Waals surface area contributed by atoms with E-state index in [9.17, 15) is 48.9 Å². The molecule has 756 valence electrons. The van der Waals surface area contributed by atoms with Gasteiger partial charge in [-0.2, -0.15) is 0 Å². The first-order valence-corrected chi connectivity index (χ1v) is 47.3. The Balaban J connectivity index is 0.000000166. The second-order valence-electron chi connectivity index (χ2n) is 37.2. The van der Waals surface area contributed by atoms with Crippen LogP contribution in [0.25, 0.3) is 44.5 Å². The van der Waals surface area contributed by atoms with Gasteiger partial charge in [-0.15, -0.1) is 0 Å². The highest BCUT2D eigenvalue weighted by Crippen LogP contribution is 2.41. The van der Waals surface area contributed by atoms with Crippen LogP contribution in [0.3, 0.4) is 0 Å². The number of carbonyl (C=O) groups is 7. The van der Waals surface area contributed by atoms with Gasteiger partial charge in [-0.3, -0.25) is 0 Å². The van der Waals surface area contributed by atoms with Crippen molar-refractivity contribution >= 4 is 112 Å². The molecule has 16 rings (SSSR count). The number of amides is 3. The molecule has 4 aromatic heterocycles. The zero-order valence-corrected chi connectivity index (χ0v) is 85.1. The molecule has 4 aliphatic rings. The van der Waals surface area contributed by atoms with Crippen LogP contribution in [0.2, 0.25) is 20.1 Å². The SMILES string of the molecule is CC(C)(C)OC(=O)N1CC(O)C1.COC(=O)c1cc(-c2cnc(NCc3cccc(C)c3)nc2)cc(O)c1Cl.COC(=O)c1cc(-c2cnc(NCc3cccc(C)c3)nc2)cc(OC2CN(C(=O)OC(C)(C)C)C2)c1Cl.Cc1cccc(CNc2ncc(-c3cc(OC4CN(C(=O)OC(C)(C)C)C4)c(Cl)c(C(=O)O)c3)cn2)c1.Cc1cccc(CNc2ncc(-c3cc(OC4CNC4)c(Cl)c(C(=O)O)c3)cn2)c1. The number of aromatic nitrogens is 8. The first-order valence-electron chi connectivity index (χ1n) is 45.8. The van der Waals surface area contributed by atoms with E-state index >= 15 is 0 Å². The maximum absolute atomic E-state index is 12.4. The largest absolute Gasteiger partial charge is 0.506 e. The number of phenolic OH excluding ortho intramolecular Hbond substituents is 1. The van der Waals surface area contributed by atoms with Crippen LogP contribution < -0.4 is 40.8 Å². The lowest BCUT2D eigenvalue weighted by molar-refractivity contribution is -0.0303. The third kappa shape index (κ3) is 31.4. The quantitative estimate of drug-likeness (QED) is 0.0180. The first-order chi connectivity index (χ1) is 68.3. The molecule has 8 heterocycles. The second-order valence-corrected chi connectivity index (χ2v) is 38.7. The van der Waals surface area contributed by atoms with E-state index in [0.29, 0.717) is 158 Å². The number of carbonyl (C=O) groups excluding carboxylic acids is 5. The van der Waals surface area contributed by atoms with Crippen LogP contribution in [0, 0.1) is 27.7 Å². The number of aliphatic hydroxyl groups is 1. The Morgan fingerprint density at radius 1 is 0.361 bits per heavy atom. The summed E-state index contributed by atoms with van der Waals surface area (Å²) < 4.78 is 43.3. The van der Waals surface area contributed by atoms with Gasteiger partial charge in [0.05, 0.1) is 102 Å². The van der Waals surface area contributed by atoms with Crippen molar-refractivity contribution in [3.63, 3.8) is 0 Å². The molecule has 12 aromatic rings. The maximum atomic E-state index is 12.4. The molecule has 35 nitrogen and oxygen atoms in total. The summed E-state index contributed by atoms with van der Waals surface area (Å²) in [7, 11) is 2.54. The molecule has 0 atom stereocenters. The zero-order valence-electron chi connectivity index (χ0n) is 82.1. The fourth-order valence-corrected chi connectivity index (χ4v) is 15.1. The number of aliphatic hydroxyl groups excluding tert-OH is 1. The lowest BCUT2D eigenvalue weighted by Crippen LogP contribution is -2.57. The second kappa shape index (κ2) is 48.8. The highest BCUT2D eigenvalue weighted by atomic mass is 35.5. The average Bonchev–Trinajstić information content (AvgIpc) is 0.788. The average molecular weight is 2050 g/mol. The van der Waals surface area contributed by atoms with Gasteiger partial charge in [0.15, 0.2) is 0 Å². The summed E-state index contributed by atoms with van der Waals surface area (Å²) in [6.07, 6.45) is 10.9. The molecule has 0 bridgehead atoms. The van der Waals surface area contributed by atoms with E-state index < -0.39 is 52.9 Å². The number of nitrogens with zero attached hydrogens (tertiary/aromatic N) is 11. The lowest BCUT2D eigenvalue weighted by atomic mass is 10.0. The monoisotopic (exact) mass is 2040 g/mol. The summed E-state index contributed by atoms with van der Waals surface area (Å²) in [5.74, 6) is -0.970. The number of hydrogen-bond donors (Lipinski definition) is 9. The third-order valence-electron chi connectivity index (χ3n) is 21.7. The number of aromatic carboxylic acids is 2. The van der Waals surface area contributed by atoms with Crippen molar-refractivity contribution in [1.82, 2.24) is 59.9 Å². The van der Waals surface area contributed by atoms with E-state index in [1.165, 1.54) is 70.5 Å². The first kappa shape index (κ1) is 108. The van der Waals surface area contributed by atoms with Gasteiger partial charge in [-0.1, -0.05) is 166 Å². The van der Waals surface area contributed by atoms with Crippen LogP contribution in [0.4, 0.5) is 38.2 Å². The molecule has 144 heavy (non-hydrogen) atoms. The Morgan fingerprint density at radius 2 is 0.618 bits per heavy atom. The minimum absolute atomic E-state index is 0.00988. The van der Waals surface area contributed by atoms with E-state index in [4.69, 9.17) is 84.7 Å². The van der Waals surface area contributed by atoms with Crippen molar-refractivity contribution in [2.24, 2.45) is 0 Å². The summed E-state index contributed by atoms with van der Waals surface area (Å²) in [5, 5.41) is 54.1. The zero-order chi connectivity index (χ0) is 104. The summed E-state index contributed by atoms with van der Waals surface area (Å²) in [5.41, 5.74) is 12.7. The van der Waals surface area contributed by atoms with Crippen LogP contribution in [0.5, 0.6) is 23.0 Å². The Morgan fingerprint density at radius 3 is 0.868 bits per heavy atom. The molecular weight excluding hydrogens is 1930 g/mol. The van der Waals surface area contributed by atoms with Crippen molar-refractivity contribution in [1.29, 1.82) is 0 Å². The molecule has 0 aliphatic carbocycles. The number of esters is 2. The number of ether oxygens (including phenoxy) is 8. The highest BCUT2D eigenvalue weighted by Gasteiger charge is 2.39. The number of hydrogen-bond acceptors (Lipinski definition) is 30. The van der Waals surface area contributed by atoms with Gasteiger partial charge >= 0.3 is 42.2 Å². The fraction of sp³-hybridized carbons (Fsp3) is 0.324. The van der Waals surface area contributed by atoms with E-state index in [1.54, 1.807) is 99.5 Å². The van der Waals surface area contributed by atoms with Crippen molar-refractivity contribution < 1.29 is 91.9 Å². The normalized spacial score (nSPS) is 13.4. The number of likely N-dealkylation sites (tertiary alicyclic amines) is 3. The van der Waals surface area contributed by atoms with E-state index in [1.807, 2.05) is 142 Å². The molecule has 4 fully saturated rings. The van der Waals surface area contributed by atoms with Crippen LogP contribution in [-0.4, -0.2) is 225 Å². The van der Waals surface area contributed by atoms with E-state index in [2.05, 4.69) is 95.5 Å². The lowest BCUT2D eigenvalue weighted by Gasteiger charge is -2.39. The van der Waals surface area contributed by atoms with Crippen LogP contribution in [-0.2, 0) is 49.9 Å². The van der Waals surface area contributed by atoms with Crippen molar-refractivity contribution in [3.05, 3.63) is 282 Å². The molecular formula is C105H114Cl4N16O19. The number of carboxylic acid groups (broad SMARTS) is 2. The van der Waals surface area contributed by atoms with Gasteiger partial charge in [0.1, 0.15) is 58.1 Å². The molecule has 0 saturated carbocycles. The highest BCUT2D eigenvalue weighted by molar-refractivity contribution is 6.36. The van der Waals surface area contributed by atoms with Gasteiger partial charge in [-0.05, 0) is 183 Å². The smallest absolute Gasteiger partial charge is 0.410 e. The van der Waals surface area contributed by atoms with Crippen molar-refractivity contribution in [2.75, 3.05) is 87.8 Å². The summed E-state index contributed by atoms with van der Waals surface area (Å²) in [4.78, 5) is 123. The molecule has 8 aromatic carbocycles. The number of aromatic hydroxyl groups is 1. The van der Waals surface area contributed by atoms with Gasteiger partial charge in [0.2, 0.25) is 23.8 Å². The Bertz CT molecular complexity index is 6550. The molecule has 3 amide bonds. The maximum Gasteiger partial charge on any atom is 0.410 e. The predicted octanol–water partition coefficient (Wildman–Crippen LogP) is 19.5. The summed E-state index contributed by atoms with van der Waals surface area (Å²) in [6.45, 7) is 30.3. The van der Waals surface area contributed by atoms with Gasteiger partial charge in [-0.25, -0.2) is 73.4 Å². The number of phenols is 1. The molecule has 39 heteroatoms. The predicted molar refractivity (Wildman–Crippen MR) is 548 cm³/mol. The number of methoxy groups -OCH3 is 2. The van der Waals surface area contributed by atoms with E-state index in [0.717, 1.165) is 22.3 Å². The standard InChI is InChI=1S/C28H31ClN4O5.C27H29ClN4O5.C22H21ClN4O3.C20H18ClN3O3.C8H15NO3/c1-17-7-6-8-18(9-17)12-30-26-31-13-20(14-32-26)19-10-22(25(34)36-5)24(29)23(11-19)37-21-15-33(16-21)27(35)38-28(2,3)4;1-16-6-5-7-17(8-16)11-29-25-30-12-19(13-31-25)18-9-21(24(33)34)23(28)22(10-18)36-20-14-32(15-20)26(35)37-27(2,3)4;1-13-3-2-4-14(5-13)8-25-22-26-9-16(10-27-22)15-6-18(21(28)29)20(23)19(7-15)30-17-11-24-12-17;1-12-4-3-5-13(6-12)9-22-20-23-10-15(11-24-20)14-7-16(19(26)27-2)18(21)17(25)8-14;1-8(2,3)12-7(11)9-4-6(10)5-9/h6-11,13-14,21H,12,15-16H2,1-5H3,(H,30,31,32);5-10,12-13,20H,11,14-15H2,1-4H3,(H,33,34)(H,29,30,31);2-7,9-10,17,24H,8,11-12H2,1H3,(H,28,29)(H,25,26,27);3-8,10-11,25H,9H2,1-2H3,(H,22,23,24);6,10H,4-5H2,1-3H3. The topological polar surface area (TPSA) is 447 Å². The fourth-order valence-electron chi connectivity index (χ4n) is 14.2. The minimum Gasteiger partial charge on any atom is -0.506 e. The third-order valence-corrected chi connectivity index (χ3v) is 23.2. The molecule has 4 saturated heterocycles. The van der Waals surface area contributed by atoms with Crippen molar-refractivity contribution in [2.45, 2.75) is 157 Å². The number of halogens is 4. The molecule has 0 radical (unpaired) electrons. The number of nitrogens with one attached hydrogen (secondary N) is 5. The van der Waals surface area contributed by atoms with Crippen LogP contribution in [0.1, 0.15) is 148 Å². The van der Waals surface area contributed by atoms with Gasteiger partial charge < -0.3 is 99.6 Å². The van der Waals surface area contributed by atoms with Gasteiger partial charge in [0, 0.05) is 111 Å². The van der Waals surface area contributed by atoms with Crippen LogP contribution >= 0.6 is 46.4 Å². The number of rotatable bonds is 26. The van der Waals surface area contributed by atoms with Crippen molar-refractivity contribution in [3.8, 4) is 67.5 Å². The number of carboxylic acids is 2. The van der Waals surface area contributed by atoms with Gasteiger partial charge in [0.25, 0.3) is 0 Å². The molecule has 4 aliphatic heterocycles. The Labute approximate surface area is 853 Å². The summed E-state index contributed by atoms with van der Waals surface area (Å²) >= 11 is 25.1. The number of anilines is 4.